The molecule has 1 amide bonds. The molecule has 18 heavy (non-hydrogen) atoms. The van der Waals surface area contributed by atoms with Crippen molar-refractivity contribution in [2.24, 2.45) is 0 Å². The maximum absolute atomic E-state index is 12.3. The molecule has 1 aromatic carbocycles. The lowest BCUT2D eigenvalue weighted by Gasteiger charge is -2.26. The number of anilines is 1. The summed E-state index contributed by atoms with van der Waals surface area (Å²) in [6.07, 6.45) is 2.85. The largest absolute Gasteiger partial charge is 0.324 e. The van der Waals surface area contributed by atoms with E-state index >= 15 is 0 Å². The fraction of sp³-hybridized carbons (Fsp3) is 0.500. The third-order valence-corrected chi connectivity index (χ3v) is 3.56. The highest BCUT2D eigenvalue weighted by atomic mass is 35.5. The zero-order valence-corrected chi connectivity index (χ0v) is 11.8. The first-order valence-corrected chi connectivity index (χ1v) is 6.29. The number of benzene rings is 1. The molecule has 4 heteroatoms. The van der Waals surface area contributed by atoms with E-state index in [1.165, 1.54) is 0 Å². The summed E-state index contributed by atoms with van der Waals surface area (Å²) < 4.78 is 0. The number of hydrogen-bond acceptors (Lipinski definition) is 2. The standard InChI is InChI=1S/C14H20N2O.ClH/c1-3-14(8-5-9-15-14)13(17)16-12-7-4-6-11(2)10-12;/h4,6-7,10,15H,3,5,8-9H2,1-2H3,(H,16,17);1H. The van der Waals surface area contributed by atoms with Crippen molar-refractivity contribution in [1.29, 1.82) is 0 Å². The monoisotopic (exact) mass is 268 g/mol. The second-order valence-electron chi connectivity index (χ2n) is 4.79. The van der Waals surface area contributed by atoms with E-state index in [1.807, 2.05) is 31.2 Å². The number of halogens is 1. The van der Waals surface area contributed by atoms with Gasteiger partial charge in [-0.15, -0.1) is 12.4 Å². The van der Waals surface area contributed by atoms with Gasteiger partial charge in [0, 0.05) is 5.69 Å². The van der Waals surface area contributed by atoms with Crippen LogP contribution in [-0.2, 0) is 4.79 Å². The van der Waals surface area contributed by atoms with Crippen molar-refractivity contribution < 1.29 is 4.79 Å². The first-order chi connectivity index (χ1) is 8.16. The van der Waals surface area contributed by atoms with E-state index < -0.39 is 0 Å². The van der Waals surface area contributed by atoms with Gasteiger partial charge in [-0.25, -0.2) is 0 Å². The molecule has 1 heterocycles. The van der Waals surface area contributed by atoms with E-state index in [0.29, 0.717) is 0 Å². The van der Waals surface area contributed by atoms with Gasteiger partial charge in [0.2, 0.25) is 5.91 Å². The molecule has 0 aromatic heterocycles. The Kier molecular flexibility index (Phi) is 5.17. The van der Waals surface area contributed by atoms with Gasteiger partial charge in [0.05, 0.1) is 5.54 Å². The maximum Gasteiger partial charge on any atom is 0.244 e. The SMILES string of the molecule is CCC1(C(=O)Nc2cccc(C)c2)CCCN1.Cl. The molecule has 0 aliphatic carbocycles. The Morgan fingerprint density at radius 2 is 2.28 bits per heavy atom. The molecule has 2 rings (SSSR count). The highest BCUT2D eigenvalue weighted by molar-refractivity contribution is 5.98. The van der Waals surface area contributed by atoms with Gasteiger partial charge in [-0.2, -0.15) is 0 Å². The average molecular weight is 269 g/mol. The fourth-order valence-electron chi connectivity index (χ4n) is 2.44. The summed E-state index contributed by atoms with van der Waals surface area (Å²) in [4.78, 5) is 12.3. The van der Waals surface area contributed by atoms with Crippen LogP contribution in [0, 0.1) is 6.92 Å². The normalized spacial score (nSPS) is 22.3. The molecular weight excluding hydrogens is 248 g/mol. The van der Waals surface area contributed by atoms with Crippen LogP contribution in [0.15, 0.2) is 24.3 Å². The summed E-state index contributed by atoms with van der Waals surface area (Å²) in [5.41, 5.74) is 1.69. The summed E-state index contributed by atoms with van der Waals surface area (Å²) >= 11 is 0. The van der Waals surface area contributed by atoms with E-state index in [-0.39, 0.29) is 23.9 Å². The van der Waals surface area contributed by atoms with Crippen LogP contribution in [0.1, 0.15) is 31.7 Å². The van der Waals surface area contributed by atoms with Crippen LogP contribution in [0.2, 0.25) is 0 Å². The smallest absolute Gasteiger partial charge is 0.244 e. The summed E-state index contributed by atoms with van der Waals surface area (Å²) in [7, 11) is 0. The van der Waals surface area contributed by atoms with Crippen LogP contribution >= 0.6 is 12.4 Å². The van der Waals surface area contributed by atoms with E-state index in [1.54, 1.807) is 0 Å². The molecule has 0 radical (unpaired) electrons. The van der Waals surface area contributed by atoms with Crippen molar-refractivity contribution in [3.8, 4) is 0 Å². The van der Waals surface area contributed by atoms with Gasteiger partial charge < -0.3 is 10.6 Å². The molecule has 1 aliphatic heterocycles. The maximum atomic E-state index is 12.3. The minimum absolute atomic E-state index is 0. The number of aryl methyl sites for hydroxylation is 1. The second kappa shape index (κ2) is 6.21. The molecule has 100 valence electrons. The number of carbonyl (C=O) groups excluding carboxylic acids is 1. The molecule has 0 bridgehead atoms. The first-order valence-electron chi connectivity index (χ1n) is 6.29. The van der Waals surface area contributed by atoms with Crippen molar-refractivity contribution in [3.05, 3.63) is 29.8 Å². The summed E-state index contributed by atoms with van der Waals surface area (Å²) in [6, 6.07) is 7.92. The minimum atomic E-state index is -0.357. The molecule has 0 spiro atoms. The topological polar surface area (TPSA) is 41.1 Å². The quantitative estimate of drug-likeness (QED) is 0.885. The lowest BCUT2D eigenvalue weighted by atomic mass is 9.93. The molecule has 2 N–H and O–H groups in total. The molecule has 1 atom stereocenters. The van der Waals surface area contributed by atoms with Crippen molar-refractivity contribution >= 4 is 24.0 Å². The molecule has 0 saturated carbocycles. The molecule has 1 saturated heterocycles. The molecule has 1 aliphatic rings. The number of rotatable bonds is 3. The predicted molar refractivity (Wildman–Crippen MR) is 77.3 cm³/mol. The van der Waals surface area contributed by atoms with Crippen LogP contribution in [-0.4, -0.2) is 18.0 Å². The van der Waals surface area contributed by atoms with Crippen LogP contribution in [0.25, 0.3) is 0 Å². The summed E-state index contributed by atoms with van der Waals surface area (Å²) in [6.45, 7) is 5.03. The molecule has 1 aromatic rings. The van der Waals surface area contributed by atoms with Gasteiger partial charge in [-0.3, -0.25) is 4.79 Å². The summed E-state index contributed by atoms with van der Waals surface area (Å²) in [5.74, 6) is 0.100. The third-order valence-electron chi connectivity index (χ3n) is 3.56. The van der Waals surface area contributed by atoms with E-state index in [4.69, 9.17) is 0 Å². The van der Waals surface area contributed by atoms with Gasteiger partial charge in [0.1, 0.15) is 0 Å². The Bertz CT molecular complexity index is 414. The van der Waals surface area contributed by atoms with Gasteiger partial charge in [-0.1, -0.05) is 19.1 Å². The zero-order chi connectivity index (χ0) is 12.3. The second-order valence-corrected chi connectivity index (χ2v) is 4.79. The molecule has 3 nitrogen and oxygen atoms in total. The number of nitrogens with one attached hydrogen (secondary N) is 2. The fourth-order valence-corrected chi connectivity index (χ4v) is 2.44. The number of hydrogen-bond donors (Lipinski definition) is 2. The number of carbonyl (C=O) groups is 1. The predicted octanol–water partition coefficient (Wildman–Crippen LogP) is 2.89. The van der Waals surface area contributed by atoms with Crippen LogP contribution in [0.4, 0.5) is 5.69 Å². The van der Waals surface area contributed by atoms with Crippen LogP contribution in [0.3, 0.4) is 0 Å². The molecule has 1 fully saturated rings. The lowest BCUT2D eigenvalue weighted by Crippen LogP contribution is -2.50. The first kappa shape index (κ1) is 15.0. The van der Waals surface area contributed by atoms with Crippen molar-refractivity contribution in [1.82, 2.24) is 5.32 Å². The Hall–Kier alpha value is -1.06. The van der Waals surface area contributed by atoms with E-state index in [0.717, 1.165) is 37.1 Å². The molecular formula is C14H21ClN2O. The number of amides is 1. The van der Waals surface area contributed by atoms with Gasteiger partial charge >= 0.3 is 0 Å². The average Bonchev–Trinajstić information content (AvgIpc) is 2.78. The van der Waals surface area contributed by atoms with Crippen molar-refractivity contribution in [2.45, 2.75) is 38.6 Å². The Morgan fingerprint density at radius 3 is 2.83 bits per heavy atom. The van der Waals surface area contributed by atoms with Gasteiger partial charge in [0.15, 0.2) is 0 Å². The summed E-state index contributed by atoms with van der Waals surface area (Å²) in [5, 5.41) is 6.36. The Morgan fingerprint density at radius 1 is 1.50 bits per heavy atom. The Labute approximate surface area is 115 Å². The molecule has 1 unspecified atom stereocenters. The van der Waals surface area contributed by atoms with Crippen molar-refractivity contribution in [3.63, 3.8) is 0 Å². The van der Waals surface area contributed by atoms with E-state index in [2.05, 4.69) is 17.6 Å². The van der Waals surface area contributed by atoms with Crippen LogP contribution in [0.5, 0.6) is 0 Å². The lowest BCUT2D eigenvalue weighted by molar-refractivity contribution is -0.122. The Balaban J connectivity index is 0.00000162. The minimum Gasteiger partial charge on any atom is -0.324 e. The highest BCUT2D eigenvalue weighted by Crippen LogP contribution is 2.25. The highest BCUT2D eigenvalue weighted by Gasteiger charge is 2.38. The van der Waals surface area contributed by atoms with E-state index in [9.17, 15) is 4.79 Å². The van der Waals surface area contributed by atoms with Crippen molar-refractivity contribution in [2.75, 3.05) is 11.9 Å². The van der Waals surface area contributed by atoms with Crippen LogP contribution < -0.4 is 10.6 Å². The third kappa shape index (κ3) is 3.03. The van der Waals surface area contributed by atoms with Gasteiger partial charge in [0.25, 0.3) is 0 Å². The van der Waals surface area contributed by atoms with Gasteiger partial charge in [-0.05, 0) is 50.4 Å². The zero-order valence-electron chi connectivity index (χ0n) is 11.0.